The second-order valence-electron chi connectivity index (χ2n) is 9.91. The van der Waals surface area contributed by atoms with Crippen LogP contribution in [-0.4, -0.2) is 139 Å². The molecule has 4 aliphatic rings. The van der Waals surface area contributed by atoms with Crippen LogP contribution in [0.25, 0.3) is 0 Å². The SMILES string of the molecule is CC1C(O)CC2C(C(=O)O)=COC(OC3OC(COC4OC(CO)C(O)C(O)C4O)C(O)C(O)C3O)C21. The first-order valence-corrected chi connectivity index (χ1v) is 12.0. The van der Waals surface area contributed by atoms with Crippen LogP contribution in [-0.2, 0) is 28.5 Å². The van der Waals surface area contributed by atoms with Crippen molar-refractivity contribution in [2.45, 2.75) is 87.2 Å². The van der Waals surface area contributed by atoms with Gasteiger partial charge >= 0.3 is 5.97 Å². The third-order valence-corrected chi connectivity index (χ3v) is 7.67. The average molecular weight is 538 g/mol. The first-order chi connectivity index (χ1) is 17.5. The lowest BCUT2D eigenvalue weighted by atomic mass is 9.83. The fourth-order valence-corrected chi connectivity index (χ4v) is 5.37. The van der Waals surface area contributed by atoms with E-state index in [4.69, 9.17) is 23.7 Å². The van der Waals surface area contributed by atoms with Gasteiger partial charge in [-0.25, -0.2) is 4.79 Å². The van der Waals surface area contributed by atoms with E-state index in [1.165, 1.54) is 0 Å². The van der Waals surface area contributed by atoms with Crippen LogP contribution in [0.5, 0.6) is 0 Å². The van der Waals surface area contributed by atoms with Gasteiger partial charge in [0.2, 0.25) is 6.29 Å². The van der Waals surface area contributed by atoms with E-state index in [2.05, 4.69) is 0 Å². The lowest BCUT2D eigenvalue weighted by Gasteiger charge is -2.44. The number of aliphatic hydroxyl groups is 8. The van der Waals surface area contributed by atoms with Gasteiger partial charge in [-0.3, -0.25) is 0 Å². The van der Waals surface area contributed by atoms with Gasteiger partial charge in [0, 0.05) is 11.8 Å². The summed E-state index contributed by atoms with van der Waals surface area (Å²) in [5, 5.41) is 90.3. The summed E-state index contributed by atoms with van der Waals surface area (Å²) in [7, 11) is 0. The van der Waals surface area contributed by atoms with E-state index >= 15 is 0 Å². The maximum atomic E-state index is 11.6. The Morgan fingerprint density at radius 3 is 2.11 bits per heavy atom. The molecule has 1 saturated carbocycles. The molecule has 3 aliphatic heterocycles. The van der Waals surface area contributed by atoms with E-state index in [0.717, 1.165) is 6.26 Å². The Hall–Kier alpha value is -1.47. The van der Waals surface area contributed by atoms with Crippen LogP contribution < -0.4 is 0 Å². The molecule has 1 aliphatic carbocycles. The Morgan fingerprint density at radius 1 is 0.892 bits per heavy atom. The number of carboxylic acid groups (broad SMARTS) is 1. The molecule has 0 bridgehead atoms. The molecule has 15 nitrogen and oxygen atoms in total. The Balaban J connectivity index is 1.44. The van der Waals surface area contributed by atoms with E-state index < -0.39 is 111 Å². The maximum absolute atomic E-state index is 11.6. The van der Waals surface area contributed by atoms with E-state index in [0.29, 0.717) is 0 Å². The molecule has 0 aromatic heterocycles. The number of carbonyl (C=O) groups is 1. The molecule has 15 heteroatoms. The summed E-state index contributed by atoms with van der Waals surface area (Å²) >= 11 is 0. The molecule has 0 aromatic rings. The highest BCUT2D eigenvalue weighted by Crippen LogP contribution is 2.47. The summed E-state index contributed by atoms with van der Waals surface area (Å²) in [6.07, 6.45) is -16.7. The maximum Gasteiger partial charge on any atom is 0.334 e. The van der Waals surface area contributed by atoms with Crippen molar-refractivity contribution in [1.29, 1.82) is 0 Å². The van der Waals surface area contributed by atoms with Gasteiger partial charge in [-0.2, -0.15) is 0 Å². The number of fused-ring (bicyclic) bond motifs is 1. The number of carboxylic acids is 1. The first-order valence-electron chi connectivity index (χ1n) is 12.0. The van der Waals surface area contributed by atoms with Crippen molar-refractivity contribution in [3.05, 3.63) is 11.8 Å². The fourth-order valence-electron chi connectivity index (χ4n) is 5.37. The van der Waals surface area contributed by atoms with Crippen molar-refractivity contribution in [3.8, 4) is 0 Å². The Labute approximate surface area is 211 Å². The monoisotopic (exact) mass is 538 g/mol. The molecule has 15 atom stereocenters. The van der Waals surface area contributed by atoms with Gasteiger partial charge < -0.3 is 69.6 Å². The molecule has 0 spiro atoms. The Bertz CT molecular complexity index is 837. The van der Waals surface area contributed by atoms with Crippen LogP contribution in [0.4, 0.5) is 0 Å². The van der Waals surface area contributed by atoms with E-state index in [1.54, 1.807) is 6.92 Å². The largest absolute Gasteiger partial charge is 0.478 e. The van der Waals surface area contributed by atoms with Gasteiger partial charge in [0.1, 0.15) is 48.8 Å². The van der Waals surface area contributed by atoms with Crippen LogP contribution in [0, 0.1) is 17.8 Å². The van der Waals surface area contributed by atoms with E-state index in [1.807, 2.05) is 0 Å². The van der Waals surface area contributed by atoms with Gasteiger partial charge in [-0.1, -0.05) is 6.92 Å². The predicted molar refractivity (Wildman–Crippen MR) is 115 cm³/mol. The summed E-state index contributed by atoms with van der Waals surface area (Å²) in [6, 6.07) is 0. The van der Waals surface area contributed by atoms with Gasteiger partial charge in [0.15, 0.2) is 12.6 Å². The number of ether oxygens (including phenoxy) is 5. The van der Waals surface area contributed by atoms with Crippen LogP contribution in [0.2, 0.25) is 0 Å². The molecule has 0 radical (unpaired) electrons. The molecule has 0 aromatic carbocycles. The summed E-state index contributed by atoms with van der Waals surface area (Å²) in [6.45, 7) is 0.486. The van der Waals surface area contributed by atoms with Crippen molar-refractivity contribution < 1.29 is 74.4 Å². The number of hydrogen-bond donors (Lipinski definition) is 9. The van der Waals surface area contributed by atoms with Gasteiger partial charge in [0.25, 0.3) is 0 Å². The molecule has 9 N–H and O–H groups in total. The Morgan fingerprint density at radius 2 is 1.49 bits per heavy atom. The molecule has 37 heavy (non-hydrogen) atoms. The van der Waals surface area contributed by atoms with Crippen LogP contribution in [0.1, 0.15) is 13.3 Å². The topological polar surface area (TPSA) is 245 Å². The Kier molecular flexibility index (Phi) is 8.74. The number of rotatable bonds is 7. The van der Waals surface area contributed by atoms with Crippen molar-refractivity contribution in [1.82, 2.24) is 0 Å². The molecule has 4 rings (SSSR count). The quantitative estimate of drug-likeness (QED) is 0.148. The van der Waals surface area contributed by atoms with Crippen LogP contribution in [0.15, 0.2) is 11.8 Å². The molecule has 3 heterocycles. The highest BCUT2D eigenvalue weighted by atomic mass is 16.8. The molecule has 3 fully saturated rings. The minimum atomic E-state index is -1.77. The molecule has 2 saturated heterocycles. The van der Waals surface area contributed by atoms with Crippen molar-refractivity contribution in [2.75, 3.05) is 13.2 Å². The zero-order chi connectivity index (χ0) is 27.2. The lowest BCUT2D eigenvalue weighted by molar-refractivity contribution is -0.354. The molecular formula is C22H34O15. The van der Waals surface area contributed by atoms with Gasteiger partial charge in [0.05, 0.1) is 31.2 Å². The van der Waals surface area contributed by atoms with Crippen molar-refractivity contribution in [3.63, 3.8) is 0 Å². The second-order valence-corrected chi connectivity index (χ2v) is 9.91. The van der Waals surface area contributed by atoms with E-state index in [9.17, 15) is 50.8 Å². The molecule has 15 unspecified atom stereocenters. The lowest BCUT2D eigenvalue weighted by Crippen LogP contribution is -2.62. The predicted octanol–water partition coefficient (Wildman–Crippen LogP) is -4.41. The third kappa shape index (κ3) is 5.36. The third-order valence-electron chi connectivity index (χ3n) is 7.67. The number of aliphatic carboxylic acids is 1. The standard InChI is InChI=1S/C22H34O15/c1-6-9(24)2-7-8(19(31)32)4-33-20(12(6)7)37-22-18(30)16(28)14(26)11(36-22)5-34-21-17(29)15(27)13(25)10(3-23)35-21/h4,6-7,9-18,20-30H,2-3,5H2,1H3,(H,31,32). The fraction of sp³-hybridized carbons (Fsp3) is 0.864. The zero-order valence-corrected chi connectivity index (χ0v) is 19.8. The van der Waals surface area contributed by atoms with Crippen LogP contribution in [0.3, 0.4) is 0 Å². The van der Waals surface area contributed by atoms with Crippen molar-refractivity contribution in [2.24, 2.45) is 17.8 Å². The minimum absolute atomic E-state index is 0.0281. The molecule has 212 valence electrons. The van der Waals surface area contributed by atoms with Crippen molar-refractivity contribution >= 4 is 5.97 Å². The second kappa shape index (κ2) is 11.3. The average Bonchev–Trinajstić information content (AvgIpc) is 3.17. The number of aliphatic hydroxyl groups excluding tert-OH is 8. The summed E-state index contributed by atoms with van der Waals surface area (Å²) in [4.78, 5) is 11.6. The van der Waals surface area contributed by atoms with Crippen LogP contribution >= 0.6 is 0 Å². The highest BCUT2D eigenvalue weighted by molar-refractivity contribution is 5.87. The van der Waals surface area contributed by atoms with Gasteiger partial charge in [-0.05, 0) is 12.3 Å². The van der Waals surface area contributed by atoms with E-state index in [-0.39, 0.29) is 12.0 Å². The molecular weight excluding hydrogens is 504 g/mol. The summed E-state index contributed by atoms with van der Waals surface area (Å²) < 4.78 is 27.5. The minimum Gasteiger partial charge on any atom is -0.478 e. The molecule has 0 amide bonds. The normalized spacial score (nSPS) is 50.2. The summed E-state index contributed by atoms with van der Waals surface area (Å²) in [5.41, 5.74) is -0.0281. The summed E-state index contributed by atoms with van der Waals surface area (Å²) in [5.74, 6) is -2.84. The first kappa shape index (κ1) is 28.5. The highest BCUT2D eigenvalue weighted by Gasteiger charge is 2.53. The zero-order valence-electron chi connectivity index (χ0n) is 19.8. The number of hydrogen-bond acceptors (Lipinski definition) is 14. The smallest absolute Gasteiger partial charge is 0.334 e. The van der Waals surface area contributed by atoms with Gasteiger partial charge in [-0.15, -0.1) is 0 Å².